The van der Waals surface area contributed by atoms with E-state index in [2.05, 4.69) is 10.6 Å². The van der Waals surface area contributed by atoms with Gasteiger partial charge in [-0.15, -0.1) is 23.2 Å². The summed E-state index contributed by atoms with van der Waals surface area (Å²) in [6.07, 6.45) is 0.396. The molecule has 4 nitrogen and oxygen atoms in total. The van der Waals surface area contributed by atoms with Gasteiger partial charge < -0.3 is 10.6 Å². The predicted octanol–water partition coefficient (Wildman–Crippen LogP) is 2.94. The van der Waals surface area contributed by atoms with Gasteiger partial charge in [0.15, 0.2) is 0 Å². The Hall–Kier alpha value is -1.26. The molecule has 0 aliphatic heterocycles. The highest BCUT2D eigenvalue weighted by molar-refractivity contribution is 6.53. The summed E-state index contributed by atoms with van der Waals surface area (Å²) in [7, 11) is 0. The SMILES string of the molecule is Cc1cccc(C)c1NC(=O)CNC(=O)C1(C)CC1(Cl)Cl. The fourth-order valence-corrected chi connectivity index (χ4v) is 2.90. The fourth-order valence-electron chi connectivity index (χ4n) is 2.20. The summed E-state index contributed by atoms with van der Waals surface area (Å²) in [5.74, 6) is -0.580. The van der Waals surface area contributed by atoms with E-state index in [1.54, 1.807) is 6.92 Å². The van der Waals surface area contributed by atoms with E-state index in [0.717, 1.165) is 16.8 Å². The zero-order valence-electron chi connectivity index (χ0n) is 12.2. The number of carbonyl (C=O) groups is 2. The van der Waals surface area contributed by atoms with Crippen molar-refractivity contribution in [3.63, 3.8) is 0 Å². The second kappa shape index (κ2) is 5.50. The highest BCUT2D eigenvalue weighted by Crippen LogP contribution is 2.63. The molecule has 1 saturated carbocycles. The normalized spacial score (nSPS) is 22.5. The summed E-state index contributed by atoms with van der Waals surface area (Å²) < 4.78 is -1.03. The lowest BCUT2D eigenvalue weighted by molar-refractivity contribution is -0.127. The van der Waals surface area contributed by atoms with Crippen LogP contribution in [0.3, 0.4) is 0 Å². The summed E-state index contributed by atoms with van der Waals surface area (Å²) in [6.45, 7) is 5.42. The van der Waals surface area contributed by atoms with Gasteiger partial charge in [0, 0.05) is 5.69 Å². The maximum absolute atomic E-state index is 12.0. The zero-order valence-corrected chi connectivity index (χ0v) is 13.7. The van der Waals surface area contributed by atoms with Gasteiger partial charge in [-0.25, -0.2) is 0 Å². The first-order valence-corrected chi connectivity index (χ1v) is 7.45. The molecule has 2 amide bonds. The van der Waals surface area contributed by atoms with E-state index < -0.39 is 9.75 Å². The number of hydrogen-bond donors (Lipinski definition) is 2. The fraction of sp³-hybridized carbons (Fsp3) is 0.467. The summed E-state index contributed by atoms with van der Waals surface area (Å²) in [6, 6.07) is 5.76. The highest BCUT2D eigenvalue weighted by Gasteiger charge is 2.67. The molecule has 1 aliphatic rings. The van der Waals surface area contributed by atoms with Gasteiger partial charge in [0.1, 0.15) is 4.33 Å². The Morgan fingerprint density at radius 2 is 1.76 bits per heavy atom. The molecule has 0 radical (unpaired) electrons. The van der Waals surface area contributed by atoms with Gasteiger partial charge in [-0.05, 0) is 38.3 Å². The largest absolute Gasteiger partial charge is 0.346 e. The van der Waals surface area contributed by atoms with Crippen molar-refractivity contribution in [1.82, 2.24) is 5.32 Å². The van der Waals surface area contributed by atoms with Crippen LogP contribution in [0, 0.1) is 19.3 Å². The highest BCUT2D eigenvalue weighted by atomic mass is 35.5. The van der Waals surface area contributed by atoms with E-state index in [0.29, 0.717) is 6.42 Å². The molecular formula is C15H18Cl2N2O2. The third-order valence-electron chi connectivity index (χ3n) is 3.91. The Kier molecular flexibility index (Phi) is 4.22. The molecule has 2 rings (SSSR count). The van der Waals surface area contributed by atoms with E-state index in [-0.39, 0.29) is 18.4 Å². The van der Waals surface area contributed by atoms with Gasteiger partial charge in [-0.3, -0.25) is 9.59 Å². The second-order valence-corrected chi connectivity index (χ2v) is 7.19. The molecule has 0 saturated heterocycles. The third-order valence-corrected chi connectivity index (χ3v) is 5.02. The minimum absolute atomic E-state index is 0.105. The van der Waals surface area contributed by atoms with Crippen LogP contribution in [0.5, 0.6) is 0 Å². The monoisotopic (exact) mass is 328 g/mol. The van der Waals surface area contributed by atoms with Crippen molar-refractivity contribution in [3.05, 3.63) is 29.3 Å². The van der Waals surface area contributed by atoms with Gasteiger partial charge in [0.2, 0.25) is 11.8 Å². The molecule has 1 aliphatic carbocycles. The van der Waals surface area contributed by atoms with Crippen molar-refractivity contribution in [3.8, 4) is 0 Å². The van der Waals surface area contributed by atoms with Crippen molar-refractivity contribution in [2.75, 3.05) is 11.9 Å². The molecule has 0 heterocycles. The molecule has 0 spiro atoms. The number of anilines is 1. The van der Waals surface area contributed by atoms with Crippen LogP contribution in [0.25, 0.3) is 0 Å². The van der Waals surface area contributed by atoms with E-state index in [1.807, 2.05) is 32.0 Å². The van der Waals surface area contributed by atoms with Gasteiger partial charge in [0.25, 0.3) is 0 Å². The number of amides is 2. The summed E-state index contributed by atoms with van der Waals surface area (Å²) in [5, 5.41) is 5.39. The van der Waals surface area contributed by atoms with Crippen molar-refractivity contribution >= 4 is 40.7 Å². The first-order valence-electron chi connectivity index (χ1n) is 6.69. The Labute approximate surface area is 134 Å². The van der Waals surface area contributed by atoms with Crippen LogP contribution in [0.1, 0.15) is 24.5 Å². The third kappa shape index (κ3) is 3.16. The average Bonchev–Trinajstić information content (AvgIpc) is 2.91. The zero-order chi connectivity index (χ0) is 15.8. The van der Waals surface area contributed by atoms with Crippen molar-refractivity contribution in [2.45, 2.75) is 31.5 Å². The van der Waals surface area contributed by atoms with E-state index in [4.69, 9.17) is 23.2 Å². The molecule has 21 heavy (non-hydrogen) atoms. The minimum atomic E-state index is -1.03. The number of nitrogens with one attached hydrogen (secondary N) is 2. The lowest BCUT2D eigenvalue weighted by Gasteiger charge is -2.14. The molecule has 0 bridgehead atoms. The van der Waals surface area contributed by atoms with Gasteiger partial charge in [-0.1, -0.05) is 18.2 Å². The average molecular weight is 329 g/mol. The van der Waals surface area contributed by atoms with Gasteiger partial charge in [0.05, 0.1) is 12.0 Å². The first-order chi connectivity index (χ1) is 9.67. The Balaban J connectivity index is 1.90. The van der Waals surface area contributed by atoms with Crippen molar-refractivity contribution < 1.29 is 9.59 Å². The topological polar surface area (TPSA) is 58.2 Å². The molecule has 0 aromatic heterocycles. The van der Waals surface area contributed by atoms with Crippen LogP contribution in [0.4, 0.5) is 5.69 Å². The first kappa shape index (κ1) is 16.1. The van der Waals surface area contributed by atoms with Crippen LogP contribution in [0.2, 0.25) is 0 Å². The number of halogens is 2. The maximum Gasteiger partial charge on any atom is 0.243 e. The molecule has 2 N–H and O–H groups in total. The van der Waals surface area contributed by atoms with Crippen LogP contribution in [0.15, 0.2) is 18.2 Å². The molecule has 1 aromatic rings. The van der Waals surface area contributed by atoms with E-state index in [9.17, 15) is 9.59 Å². The summed E-state index contributed by atoms with van der Waals surface area (Å²) in [4.78, 5) is 23.9. The number of aryl methyl sites for hydroxylation is 2. The van der Waals surface area contributed by atoms with Crippen LogP contribution < -0.4 is 10.6 Å². The molecule has 114 valence electrons. The van der Waals surface area contributed by atoms with Gasteiger partial charge in [-0.2, -0.15) is 0 Å². The quantitative estimate of drug-likeness (QED) is 0.835. The molecule has 1 atom stereocenters. The number of para-hydroxylation sites is 1. The van der Waals surface area contributed by atoms with Crippen molar-refractivity contribution in [1.29, 1.82) is 0 Å². The smallest absolute Gasteiger partial charge is 0.243 e. The predicted molar refractivity (Wildman–Crippen MR) is 84.7 cm³/mol. The summed E-state index contributed by atoms with van der Waals surface area (Å²) >= 11 is 11.9. The van der Waals surface area contributed by atoms with Crippen LogP contribution in [-0.4, -0.2) is 22.7 Å². The van der Waals surface area contributed by atoms with Crippen LogP contribution in [-0.2, 0) is 9.59 Å². The van der Waals surface area contributed by atoms with E-state index in [1.165, 1.54) is 0 Å². The molecular weight excluding hydrogens is 311 g/mol. The second-order valence-electron chi connectivity index (χ2n) is 5.71. The number of alkyl halides is 2. The van der Waals surface area contributed by atoms with Crippen molar-refractivity contribution in [2.24, 2.45) is 5.41 Å². The Morgan fingerprint density at radius 3 is 2.24 bits per heavy atom. The van der Waals surface area contributed by atoms with E-state index >= 15 is 0 Å². The Bertz CT molecular complexity index is 581. The lowest BCUT2D eigenvalue weighted by Crippen LogP contribution is -2.38. The Morgan fingerprint density at radius 1 is 1.24 bits per heavy atom. The maximum atomic E-state index is 12.0. The molecule has 1 aromatic carbocycles. The van der Waals surface area contributed by atoms with Gasteiger partial charge >= 0.3 is 0 Å². The van der Waals surface area contributed by atoms with Crippen LogP contribution >= 0.6 is 23.2 Å². The standard InChI is InChI=1S/C15H18Cl2N2O2/c1-9-5-4-6-10(2)12(9)19-11(20)7-18-13(21)14(3)8-15(14,16)17/h4-6H,7-8H2,1-3H3,(H,18,21)(H,19,20). The summed E-state index contributed by atoms with van der Waals surface area (Å²) in [5.41, 5.74) is 1.92. The number of rotatable bonds is 4. The molecule has 1 fully saturated rings. The number of benzene rings is 1. The number of carbonyl (C=O) groups excluding carboxylic acids is 2. The minimum Gasteiger partial charge on any atom is -0.346 e. The molecule has 1 unspecified atom stereocenters. The molecule has 6 heteroatoms. The lowest BCUT2D eigenvalue weighted by atomic mass is 10.1. The number of hydrogen-bond acceptors (Lipinski definition) is 2.